The average molecular weight is 314 g/mol. The van der Waals surface area contributed by atoms with Crippen LogP contribution >= 0.6 is 0 Å². The summed E-state index contributed by atoms with van der Waals surface area (Å²) in [7, 11) is 0. The molecule has 2 amide bonds. The predicted molar refractivity (Wildman–Crippen MR) is 83.8 cm³/mol. The zero-order valence-corrected chi connectivity index (χ0v) is 12.8. The first-order chi connectivity index (χ1) is 11.1. The van der Waals surface area contributed by atoms with Crippen LogP contribution in [0.3, 0.4) is 0 Å². The van der Waals surface area contributed by atoms with E-state index in [-0.39, 0.29) is 5.91 Å². The number of benzene rings is 1. The van der Waals surface area contributed by atoms with Gasteiger partial charge in [0.05, 0.1) is 11.4 Å². The van der Waals surface area contributed by atoms with Gasteiger partial charge in [-0.3, -0.25) is 4.79 Å². The number of piperazine rings is 1. The normalized spacial score (nSPS) is 14.8. The van der Waals surface area contributed by atoms with Gasteiger partial charge in [0.2, 0.25) is 0 Å². The number of aromatic nitrogens is 2. The number of hydrogen-bond donors (Lipinski definition) is 1. The highest BCUT2D eigenvalue weighted by atomic mass is 16.4. The van der Waals surface area contributed by atoms with E-state index in [1.165, 1.54) is 4.90 Å². The molecule has 1 aromatic carbocycles. The first-order valence-corrected chi connectivity index (χ1v) is 7.45. The second-order valence-corrected chi connectivity index (χ2v) is 5.48. The quantitative estimate of drug-likeness (QED) is 0.913. The SMILES string of the molecule is Cc1cc(C(=O)N2CCN(C(=O)O)CC2)n(-c2ccccc2)n1. The van der Waals surface area contributed by atoms with Crippen molar-refractivity contribution >= 4 is 12.0 Å². The van der Waals surface area contributed by atoms with Gasteiger partial charge in [-0.2, -0.15) is 5.10 Å². The second-order valence-electron chi connectivity index (χ2n) is 5.48. The molecule has 0 spiro atoms. The van der Waals surface area contributed by atoms with Crippen LogP contribution in [0.25, 0.3) is 5.69 Å². The first kappa shape index (κ1) is 15.1. The number of para-hydroxylation sites is 1. The number of nitrogens with zero attached hydrogens (tertiary/aromatic N) is 4. The molecule has 0 saturated carbocycles. The van der Waals surface area contributed by atoms with Gasteiger partial charge in [-0.25, -0.2) is 9.48 Å². The molecule has 0 bridgehead atoms. The minimum atomic E-state index is -0.942. The maximum absolute atomic E-state index is 12.8. The van der Waals surface area contributed by atoms with Crippen LogP contribution in [0.2, 0.25) is 0 Å². The summed E-state index contributed by atoms with van der Waals surface area (Å²) in [5.74, 6) is -0.125. The van der Waals surface area contributed by atoms with Gasteiger partial charge in [0.25, 0.3) is 5.91 Å². The topological polar surface area (TPSA) is 78.7 Å². The third-order valence-corrected chi connectivity index (χ3v) is 3.89. The van der Waals surface area contributed by atoms with Crippen molar-refractivity contribution in [2.75, 3.05) is 26.2 Å². The maximum atomic E-state index is 12.8. The number of carbonyl (C=O) groups excluding carboxylic acids is 1. The number of aryl methyl sites for hydroxylation is 1. The van der Waals surface area contributed by atoms with Crippen molar-refractivity contribution in [3.05, 3.63) is 47.8 Å². The Kier molecular flexibility index (Phi) is 4.01. The van der Waals surface area contributed by atoms with E-state index >= 15 is 0 Å². The van der Waals surface area contributed by atoms with Gasteiger partial charge in [-0.05, 0) is 25.1 Å². The Hall–Kier alpha value is -2.83. The molecule has 0 atom stereocenters. The third kappa shape index (κ3) is 3.03. The van der Waals surface area contributed by atoms with E-state index in [9.17, 15) is 9.59 Å². The summed E-state index contributed by atoms with van der Waals surface area (Å²) in [4.78, 5) is 26.7. The molecular weight excluding hydrogens is 296 g/mol. The van der Waals surface area contributed by atoms with Crippen LogP contribution < -0.4 is 0 Å². The van der Waals surface area contributed by atoms with Crippen LogP contribution in [0, 0.1) is 6.92 Å². The van der Waals surface area contributed by atoms with Crippen LogP contribution in [-0.2, 0) is 0 Å². The molecule has 23 heavy (non-hydrogen) atoms. The molecule has 1 aromatic heterocycles. The van der Waals surface area contributed by atoms with E-state index in [0.717, 1.165) is 11.4 Å². The third-order valence-electron chi connectivity index (χ3n) is 3.89. The molecular formula is C16H18N4O3. The fourth-order valence-electron chi connectivity index (χ4n) is 2.68. The number of carboxylic acid groups (broad SMARTS) is 1. The largest absolute Gasteiger partial charge is 0.465 e. The van der Waals surface area contributed by atoms with E-state index in [0.29, 0.717) is 31.9 Å². The predicted octanol–water partition coefficient (Wildman–Crippen LogP) is 1.62. The van der Waals surface area contributed by atoms with Gasteiger partial charge < -0.3 is 14.9 Å². The standard InChI is InChI=1S/C16H18N4O3/c1-12-11-14(20(17-12)13-5-3-2-4-6-13)15(21)18-7-9-19(10-8-18)16(22)23/h2-6,11H,7-10H2,1H3,(H,22,23). The molecule has 0 aliphatic carbocycles. The Bertz CT molecular complexity index is 718. The van der Waals surface area contributed by atoms with Crippen LogP contribution in [-0.4, -0.2) is 62.9 Å². The number of amides is 2. The lowest BCUT2D eigenvalue weighted by Gasteiger charge is -2.33. The molecule has 7 nitrogen and oxygen atoms in total. The van der Waals surface area contributed by atoms with Crippen molar-refractivity contribution in [2.24, 2.45) is 0 Å². The van der Waals surface area contributed by atoms with Gasteiger partial charge in [0.1, 0.15) is 5.69 Å². The second kappa shape index (κ2) is 6.12. The molecule has 0 unspecified atom stereocenters. The lowest BCUT2D eigenvalue weighted by atomic mass is 10.2. The van der Waals surface area contributed by atoms with Crippen LogP contribution in [0.4, 0.5) is 4.79 Å². The van der Waals surface area contributed by atoms with Gasteiger partial charge in [0.15, 0.2) is 0 Å². The Balaban J connectivity index is 1.83. The van der Waals surface area contributed by atoms with Crippen LogP contribution in [0.15, 0.2) is 36.4 Å². The van der Waals surface area contributed by atoms with Crippen molar-refractivity contribution in [3.63, 3.8) is 0 Å². The first-order valence-electron chi connectivity index (χ1n) is 7.45. The molecule has 2 aromatic rings. The van der Waals surface area contributed by atoms with Crippen molar-refractivity contribution in [2.45, 2.75) is 6.92 Å². The van der Waals surface area contributed by atoms with Crippen molar-refractivity contribution in [1.29, 1.82) is 0 Å². The van der Waals surface area contributed by atoms with E-state index < -0.39 is 6.09 Å². The summed E-state index contributed by atoms with van der Waals surface area (Å²) in [6.07, 6.45) is -0.942. The van der Waals surface area contributed by atoms with Crippen molar-refractivity contribution in [3.8, 4) is 5.69 Å². The monoisotopic (exact) mass is 314 g/mol. The van der Waals surface area contributed by atoms with E-state index in [4.69, 9.17) is 5.11 Å². The Morgan fingerprint density at radius 2 is 1.65 bits per heavy atom. The molecule has 3 rings (SSSR count). The molecule has 120 valence electrons. The summed E-state index contributed by atoms with van der Waals surface area (Å²) >= 11 is 0. The lowest BCUT2D eigenvalue weighted by Crippen LogP contribution is -2.50. The molecule has 1 saturated heterocycles. The van der Waals surface area contributed by atoms with E-state index in [1.54, 1.807) is 15.6 Å². The van der Waals surface area contributed by atoms with Crippen LogP contribution in [0.5, 0.6) is 0 Å². The zero-order valence-electron chi connectivity index (χ0n) is 12.8. The van der Waals surface area contributed by atoms with Crippen molar-refractivity contribution < 1.29 is 14.7 Å². The summed E-state index contributed by atoms with van der Waals surface area (Å²) in [5, 5.41) is 13.4. The highest BCUT2D eigenvalue weighted by Crippen LogP contribution is 2.15. The molecule has 2 heterocycles. The maximum Gasteiger partial charge on any atom is 0.407 e. The Morgan fingerprint density at radius 1 is 1.04 bits per heavy atom. The summed E-state index contributed by atoms with van der Waals surface area (Å²) in [6.45, 7) is 3.30. The van der Waals surface area contributed by atoms with Gasteiger partial charge in [-0.15, -0.1) is 0 Å². The highest BCUT2D eigenvalue weighted by molar-refractivity contribution is 5.93. The van der Waals surface area contributed by atoms with E-state index in [2.05, 4.69) is 5.10 Å². The fourth-order valence-corrected chi connectivity index (χ4v) is 2.68. The highest BCUT2D eigenvalue weighted by Gasteiger charge is 2.27. The van der Waals surface area contributed by atoms with Gasteiger partial charge in [-0.1, -0.05) is 18.2 Å². The zero-order chi connectivity index (χ0) is 16.4. The fraction of sp³-hybridized carbons (Fsp3) is 0.312. The molecule has 1 fully saturated rings. The molecule has 1 N–H and O–H groups in total. The van der Waals surface area contributed by atoms with Gasteiger partial charge in [0, 0.05) is 26.2 Å². The average Bonchev–Trinajstić information content (AvgIpc) is 2.97. The summed E-state index contributed by atoms with van der Waals surface area (Å²) in [5.41, 5.74) is 2.09. The smallest absolute Gasteiger partial charge is 0.407 e. The molecule has 0 radical (unpaired) electrons. The molecule has 1 aliphatic rings. The van der Waals surface area contributed by atoms with Crippen LogP contribution in [0.1, 0.15) is 16.2 Å². The lowest BCUT2D eigenvalue weighted by molar-refractivity contribution is 0.0616. The van der Waals surface area contributed by atoms with E-state index in [1.807, 2.05) is 37.3 Å². The minimum Gasteiger partial charge on any atom is -0.465 e. The van der Waals surface area contributed by atoms with Crippen molar-refractivity contribution in [1.82, 2.24) is 19.6 Å². The molecule has 1 aliphatic heterocycles. The summed E-state index contributed by atoms with van der Waals surface area (Å²) in [6, 6.07) is 11.3. The minimum absolute atomic E-state index is 0.125. The number of carbonyl (C=O) groups is 2. The summed E-state index contributed by atoms with van der Waals surface area (Å²) < 4.78 is 1.64. The number of rotatable bonds is 2. The Morgan fingerprint density at radius 3 is 2.26 bits per heavy atom. The molecule has 7 heteroatoms. The number of hydrogen-bond acceptors (Lipinski definition) is 3. The Labute approximate surface area is 133 Å². The van der Waals surface area contributed by atoms with Gasteiger partial charge >= 0.3 is 6.09 Å².